The number of hydrogen-bond acceptors (Lipinski definition) is 2. The Balaban J connectivity index is 2.05. The van der Waals surface area contributed by atoms with Gasteiger partial charge in [-0.05, 0) is 55.7 Å². The minimum absolute atomic E-state index is 0.191. The summed E-state index contributed by atoms with van der Waals surface area (Å²) in [7, 11) is 0. The summed E-state index contributed by atoms with van der Waals surface area (Å²) < 4.78 is 0. The summed E-state index contributed by atoms with van der Waals surface area (Å²) in [6.45, 7) is 3.95. The van der Waals surface area contributed by atoms with Crippen LogP contribution in [-0.4, -0.2) is 30.2 Å². The van der Waals surface area contributed by atoms with Crippen LogP contribution in [0.5, 0.6) is 0 Å². The molecular weight excluding hydrogens is 242 g/mol. The largest absolute Gasteiger partial charge is 0.338 e. The standard InChI is InChI=1S/C15H21NOS/c1-3-10-16(11-12-4-5-12)15(17)13-6-8-14(18-2)9-7-13/h6-9,12H,3-5,10-11H2,1-2H3. The van der Waals surface area contributed by atoms with Crippen molar-refractivity contribution in [2.75, 3.05) is 19.3 Å². The molecule has 3 heteroatoms. The van der Waals surface area contributed by atoms with Gasteiger partial charge in [-0.25, -0.2) is 0 Å². The lowest BCUT2D eigenvalue weighted by molar-refractivity contribution is 0.0747. The molecule has 0 saturated heterocycles. The second kappa shape index (κ2) is 6.28. The molecule has 1 saturated carbocycles. The molecule has 1 amide bonds. The summed E-state index contributed by atoms with van der Waals surface area (Å²) in [6.07, 6.45) is 5.66. The van der Waals surface area contributed by atoms with Gasteiger partial charge in [-0.1, -0.05) is 6.92 Å². The van der Waals surface area contributed by atoms with E-state index in [4.69, 9.17) is 0 Å². The molecule has 0 unspecified atom stereocenters. The Morgan fingerprint density at radius 1 is 1.33 bits per heavy atom. The predicted molar refractivity (Wildman–Crippen MR) is 77.1 cm³/mol. The summed E-state index contributed by atoms with van der Waals surface area (Å²) in [5, 5.41) is 0. The van der Waals surface area contributed by atoms with Gasteiger partial charge in [-0.15, -0.1) is 11.8 Å². The molecule has 1 aromatic carbocycles. The molecule has 0 heterocycles. The molecule has 1 aromatic rings. The number of thioether (sulfide) groups is 1. The highest BCUT2D eigenvalue weighted by atomic mass is 32.2. The van der Waals surface area contributed by atoms with E-state index in [2.05, 4.69) is 6.92 Å². The lowest BCUT2D eigenvalue weighted by atomic mass is 10.2. The van der Waals surface area contributed by atoms with Crippen LogP contribution in [-0.2, 0) is 0 Å². The first-order valence-corrected chi connectivity index (χ1v) is 7.90. The fraction of sp³-hybridized carbons (Fsp3) is 0.533. The highest BCUT2D eigenvalue weighted by Crippen LogP contribution is 2.30. The molecule has 1 fully saturated rings. The van der Waals surface area contributed by atoms with E-state index in [-0.39, 0.29) is 5.91 Å². The molecule has 0 aliphatic heterocycles. The van der Waals surface area contributed by atoms with E-state index in [9.17, 15) is 4.79 Å². The second-order valence-electron chi connectivity index (χ2n) is 4.92. The van der Waals surface area contributed by atoms with Gasteiger partial charge in [0.2, 0.25) is 0 Å². The van der Waals surface area contributed by atoms with Gasteiger partial charge in [-0.3, -0.25) is 4.79 Å². The second-order valence-corrected chi connectivity index (χ2v) is 5.80. The average Bonchev–Trinajstić information content (AvgIpc) is 3.21. The first kappa shape index (κ1) is 13.5. The lowest BCUT2D eigenvalue weighted by Crippen LogP contribution is -2.33. The van der Waals surface area contributed by atoms with Crippen molar-refractivity contribution in [3.05, 3.63) is 29.8 Å². The van der Waals surface area contributed by atoms with Crippen LogP contribution in [0.2, 0.25) is 0 Å². The van der Waals surface area contributed by atoms with Crippen LogP contribution in [0.15, 0.2) is 29.2 Å². The predicted octanol–water partition coefficient (Wildman–Crippen LogP) is 3.67. The Morgan fingerprint density at radius 3 is 2.50 bits per heavy atom. The molecule has 0 atom stereocenters. The summed E-state index contributed by atoms with van der Waals surface area (Å²) in [5.41, 5.74) is 0.821. The molecule has 0 radical (unpaired) electrons. The number of amides is 1. The first-order valence-electron chi connectivity index (χ1n) is 6.68. The summed E-state index contributed by atoms with van der Waals surface area (Å²) in [6, 6.07) is 7.95. The van der Waals surface area contributed by atoms with Gasteiger partial charge in [0, 0.05) is 23.5 Å². The summed E-state index contributed by atoms with van der Waals surface area (Å²) in [5.74, 6) is 0.947. The quantitative estimate of drug-likeness (QED) is 0.730. The number of hydrogen-bond donors (Lipinski definition) is 0. The molecule has 0 aromatic heterocycles. The van der Waals surface area contributed by atoms with Gasteiger partial charge in [0.1, 0.15) is 0 Å². The zero-order valence-electron chi connectivity index (χ0n) is 11.2. The van der Waals surface area contributed by atoms with Gasteiger partial charge in [0.15, 0.2) is 0 Å². The third-order valence-electron chi connectivity index (χ3n) is 3.29. The highest BCUT2D eigenvalue weighted by Gasteiger charge is 2.26. The van der Waals surface area contributed by atoms with Gasteiger partial charge in [-0.2, -0.15) is 0 Å². The van der Waals surface area contributed by atoms with Gasteiger partial charge >= 0.3 is 0 Å². The van der Waals surface area contributed by atoms with Crippen molar-refractivity contribution in [1.82, 2.24) is 4.90 Å². The first-order chi connectivity index (χ1) is 8.74. The molecule has 0 spiro atoms. The zero-order valence-corrected chi connectivity index (χ0v) is 12.0. The van der Waals surface area contributed by atoms with E-state index in [0.717, 1.165) is 31.0 Å². The monoisotopic (exact) mass is 263 g/mol. The maximum absolute atomic E-state index is 12.4. The van der Waals surface area contributed by atoms with Crippen molar-refractivity contribution in [1.29, 1.82) is 0 Å². The minimum atomic E-state index is 0.191. The van der Waals surface area contributed by atoms with Crippen molar-refractivity contribution < 1.29 is 4.79 Å². The van der Waals surface area contributed by atoms with E-state index >= 15 is 0 Å². The molecular formula is C15H21NOS. The van der Waals surface area contributed by atoms with Crippen molar-refractivity contribution in [3.63, 3.8) is 0 Å². The molecule has 2 nitrogen and oxygen atoms in total. The van der Waals surface area contributed by atoms with Crippen LogP contribution in [0.4, 0.5) is 0 Å². The molecule has 18 heavy (non-hydrogen) atoms. The SMILES string of the molecule is CCCN(CC1CC1)C(=O)c1ccc(SC)cc1. The minimum Gasteiger partial charge on any atom is -0.338 e. The van der Waals surface area contributed by atoms with E-state index in [1.807, 2.05) is 35.4 Å². The number of nitrogens with zero attached hydrogens (tertiary/aromatic N) is 1. The Labute approximate surface area is 114 Å². The molecule has 0 N–H and O–H groups in total. The van der Waals surface area contributed by atoms with Crippen LogP contribution in [0.1, 0.15) is 36.5 Å². The van der Waals surface area contributed by atoms with Crippen molar-refractivity contribution in [2.45, 2.75) is 31.1 Å². The van der Waals surface area contributed by atoms with Crippen LogP contribution in [0, 0.1) is 5.92 Å². The molecule has 0 bridgehead atoms. The van der Waals surface area contributed by atoms with Crippen molar-refractivity contribution in [3.8, 4) is 0 Å². The lowest BCUT2D eigenvalue weighted by Gasteiger charge is -2.22. The topological polar surface area (TPSA) is 20.3 Å². The van der Waals surface area contributed by atoms with Crippen LogP contribution in [0.25, 0.3) is 0 Å². The average molecular weight is 263 g/mol. The molecule has 98 valence electrons. The van der Waals surface area contributed by atoms with E-state index < -0.39 is 0 Å². The fourth-order valence-electron chi connectivity index (χ4n) is 2.07. The summed E-state index contributed by atoms with van der Waals surface area (Å²) >= 11 is 1.70. The van der Waals surface area contributed by atoms with Crippen molar-refractivity contribution in [2.24, 2.45) is 5.92 Å². The van der Waals surface area contributed by atoms with Crippen LogP contribution < -0.4 is 0 Å². The number of rotatable bonds is 6. The Hall–Kier alpha value is -0.960. The normalized spacial score (nSPS) is 14.6. The third-order valence-corrected chi connectivity index (χ3v) is 4.04. The van der Waals surface area contributed by atoms with E-state index in [0.29, 0.717) is 0 Å². The molecule has 1 aliphatic carbocycles. The maximum atomic E-state index is 12.4. The van der Waals surface area contributed by atoms with E-state index in [1.54, 1.807) is 11.8 Å². The smallest absolute Gasteiger partial charge is 0.253 e. The van der Waals surface area contributed by atoms with Crippen molar-refractivity contribution >= 4 is 17.7 Å². The molecule has 1 aliphatic rings. The fourth-order valence-corrected chi connectivity index (χ4v) is 2.48. The Morgan fingerprint density at radius 2 is 2.00 bits per heavy atom. The van der Waals surface area contributed by atoms with Crippen LogP contribution >= 0.6 is 11.8 Å². The third kappa shape index (κ3) is 3.52. The van der Waals surface area contributed by atoms with Crippen LogP contribution in [0.3, 0.4) is 0 Å². The maximum Gasteiger partial charge on any atom is 0.253 e. The van der Waals surface area contributed by atoms with E-state index in [1.165, 1.54) is 17.7 Å². The van der Waals surface area contributed by atoms with Gasteiger partial charge in [0.05, 0.1) is 0 Å². The van der Waals surface area contributed by atoms with Gasteiger partial charge < -0.3 is 4.90 Å². The Kier molecular flexibility index (Phi) is 4.70. The number of benzene rings is 1. The highest BCUT2D eigenvalue weighted by molar-refractivity contribution is 7.98. The summed E-state index contributed by atoms with van der Waals surface area (Å²) in [4.78, 5) is 15.6. The number of carbonyl (C=O) groups excluding carboxylic acids is 1. The zero-order chi connectivity index (χ0) is 13.0. The Bertz CT molecular complexity index is 397. The number of carbonyl (C=O) groups is 1. The van der Waals surface area contributed by atoms with Gasteiger partial charge in [0.25, 0.3) is 5.91 Å². The molecule has 2 rings (SSSR count).